The van der Waals surface area contributed by atoms with Crippen LogP contribution >= 0.6 is 0 Å². The van der Waals surface area contributed by atoms with E-state index < -0.39 is 19.7 Å². The second kappa shape index (κ2) is 13.9. The average Bonchev–Trinajstić information content (AvgIpc) is 3.05. The number of rotatable bonds is 12. The number of benzene rings is 5. The predicted octanol–water partition coefficient (Wildman–Crippen LogP) is 9.18. The van der Waals surface area contributed by atoms with Crippen LogP contribution in [0.15, 0.2) is 141 Å². The number of hydrogen-bond acceptors (Lipinski definition) is 6. The molecule has 0 radical (unpaired) electrons. The van der Waals surface area contributed by atoms with Gasteiger partial charge in [-0.3, -0.25) is 0 Å². The molecule has 0 aromatic heterocycles. The summed E-state index contributed by atoms with van der Waals surface area (Å²) in [5, 5.41) is 0. The van der Waals surface area contributed by atoms with Gasteiger partial charge in [0.1, 0.15) is 23.4 Å². The fourth-order valence-electron chi connectivity index (χ4n) is 5.12. The van der Waals surface area contributed by atoms with Crippen molar-refractivity contribution in [2.24, 2.45) is 5.92 Å². The van der Waals surface area contributed by atoms with Crippen LogP contribution in [0.2, 0.25) is 0 Å². The standard InChI is InChI=1S/C38H38O6S2/c1-5-38(30-11-21-35(22-12-30)45(39,40)34-19-9-28(4)10-20-34)44-33-15-13-31(14-16-33)43-32-17-23-36(24-18-32)46(41,42)37-8-6-7-29(26-37)25-27(2)3/h6-24,26-27,38H,5,25H2,1-4H3. The van der Waals surface area contributed by atoms with Gasteiger partial charge in [-0.15, -0.1) is 0 Å². The molecule has 0 saturated heterocycles. The smallest absolute Gasteiger partial charge is 0.206 e. The van der Waals surface area contributed by atoms with Crippen molar-refractivity contribution < 1.29 is 26.3 Å². The average molecular weight is 655 g/mol. The van der Waals surface area contributed by atoms with Gasteiger partial charge >= 0.3 is 0 Å². The van der Waals surface area contributed by atoms with Crippen LogP contribution in [-0.4, -0.2) is 16.8 Å². The van der Waals surface area contributed by atoms with Gasteiger partial charge in [0.15, 0.2) is 0 Å². The maximum atomic E-state index is 13.2. The maximum Gasteiger partial charge on any atom is 0.206 e. The van der Waals surface area contributed by atoms with E-state index in [1.165, 1.54) is 0 Å². The Hall–Kier alpha value is -4.40. The van der Waals surface area contributed by atoms with Gasteiger partial charge in [0, 0.05) is 0 Å². The second-order valence-electron chi connectivity index (χ2n) is 11.7. The van der Waals surface area contributed by atoms with E-state index in [2.05, 4.69) is 13.8 Å². The van der Waals surface area contributed by atoms with Gasteiger partial charge in [0.25, 0.3) is 0 Å². The number of hydrogen-bond donors (Lipinski definition) is 0. The van der Waals surface area contributed by atoms with Gasteiger partial charge < -0.3 is 9.47 Å². The van der Waals surface area contributed by atoms with Crippen LogP contribution in [0.3, 0.4) is 0 Å². The molecule has 0 fully saturated rings. The van der Waals surface area contributed by atoms with Crippen LogP contribution in [0.4, 0.5) is 0 Å². The molecule has 1 unspecified atom stereocenters. The van der Waals surface area contributed by atoms with Crippen molar-refractivity contribution in [2.75, 3.05) is 0 Å². The van der Waals surface area contributed by atoms with Gasteiger partial charge in [0.2, 0.25) is 19.7 Å². The van der Waals surface area contributed by atoms with Crippen molar-refractivity contribution in [3.8, 4) is 17.2 Å². The fourth-order valence-corrected chi connectivity index (χ4v) is 7.71. The molecule has 0 N–H and O–H groups in total. The quantitative estimate of drug-likeness (QED) is 0.133. The number of sulfone groups is 2. The zero-order valence-electron chi connectivity index (χ0n) is 26.4. The molecule has 8 heteroatoms. The normalized spacial score (nSPS) is 12.5. The monoisotopic (exact) mass is 654 g/mol. The Bertz CT molecular complexity index is 1980. The Morgan fingerprint density at radius 3 is 1.61 bits per heavy atom. The van der Waals surface area contributed by atoms with Crippen LogP contribution < -0.4 is 9.47 Å². The third-order valence-electron chi connectivity index (χ3n) is 7.59. The summed E-state index contributed by atoms with van der Waals surface area (Å²) in [4.78, 5) is 0.985. The Morgan fingerprint density at radius 2 is 1.07 bits per heavy atom. The van der Waals surface area contributed by atoms with Gasteiger partial charge in [-0.05, 0) is 122 Å². The number of aryl methyl sites for hydroxylation is 1. The molecule has 5 aromatic rings. The van der Waals surface area contributed by atoms with Crippen LogP contribution in [0.25, 0.3) is 0 Å². The van der Waals surface area contributed by atoms with E-state index in [1.807, 2.05) is 19.9 Å². The SMILES string of the molecule is CCC(Oc1ccc(Oc2ccc(S(=O)(=O)c3cccc(CC(C)C)c3)cc2)cc1)c1ccc(S(=O)(=O)c2ccc(C)cc2)cc1. The first-order valence-corrected chi connectivity index (χ1v) is 18.2. The Kier molecular flexibility index (Phi) is 9.99. The van der Waals surface area contributed by atoms with E-state index in [4.69, 9.17) is 9.47 Å². The Balaban J connectivity index is 1.22. The summed E-state index contributed by atoms with van der Waals surface area (Å²) in [7, 11) is -7.26. The van der Waals surface area contributed by atoms with E-state index in [9.17, 15) is 16.8 Å². The summed E-state index contributed by atoms with van der Waals surface area (Å²) in [6.07, 6.45) is 1.22. The summed E-state index contributed by atoms with van der Waals surface area (Å²) >= 11 is 0. The van der Waals surface area contributed by atoms with E-state index in [0.717, 1.165) is 23.1 Å². The molecule has 46 heavy (non-hydrogen) atoms. The largest absolute Gasteiger partial charge is 0.486 e. The molecule has 6 nitrogen and oxygen atoms in total. The van der Waals surface area contributed by atoms with Crippen LogP contribution in [0.5, 0.6) is 17.2 Å². The molecule has 5 aromatic carbocycles. The van der Waals surface area contributed by atoms with E-state index >= 15 is 0 Å². The van der Waals surface area contributed by atoms with Crippen molar-refractivity contribution in [3.05, 3.63) is 138 Å². The summed E-state index contributed by atoms with van der Waals surface area (Å²) in [5.74, 6) is 2.14. The zero-order chi connectivity index (χ0) is 32.9. The molecule has 0 saturated carbocycles. The molecule has 0 heterocycles. The highest BCUT2D eigenvalue weighted by atomic mass is 32.2. The topological polar surface area (TPSA) is 86.7 Å². The van der Waals surface area contributed by atoms with Crippen molar-refractivity contribution >= 4 is 19.7 Å². The lowest BCUT2D eigenvalue weighted by molar-refractivity contribution is 0.201. The first kappa shape index (κ1) is 33.0. The molecule has 0 aliphatic carbocycles. The van der Waals surface area contributed by atoms with Crippen molar-refractivity contribution in [2.45, 2.75) is 66.2 Å². The van der Waals surface area contributed by atoms with Crippen LogP contribution in [0.1, 0.15) is 50.0 Å². The highest BCUT2D eigenvalue weighted by Crippen LogP contribution is 2.31. The van der Waals surface area contributed by atoms with E-state index in [0.29, 0.717) is 29.6 Å². The maximum absolute atomic E-state index is 13.2. The third-order valence-corrected chi connectivity index (χ3v) is 11.1. The fraction of sp³-hybridized carbons (Fsp3) is 0.211. The summed E-state index contributed by atoms with van der Waals surface area (Å²) < 4.78 is 64.8. The van der Waals surface area contributed by atoms with Gasteiger partial charge in [-0.1, -0.05) is 62.7 Å². The summed E-state index contributed by atoms with van der Waals surface area (Å²) in [6.45, 7) is 8.13. The molecule has 0 bridgehead atoms. The molecule has 0 amide bonds. The van der Waals surface area contributed by atoms with Crippen molar-refractivity contribution in [3.63, 3.8) is 0 Å². The molecule has 0 spiro atoms. The lowest BCUT2D eigenvalue weighted by atomic mass is 10.0. The highest BCUT2D eigenvalue weighted by Gasteiger charge is 2.20. The first-order chi connectivity index (χ1) is 21.9. The van der Waals surface area contributed by atoms with Crippen molar-refractivity contribution in [1.82, 2.24) is 0 Å². The minimum Gasteiger partial charge on any atom is -0.486 e. The van der Waals surface area contributed by atoms with E-state index in [1.54, 1.807) is 115 Å². The number of ether oxygens (including phenoxy) is 2. The second-order valence-corrected chi connectivity index (χ2v) is 15.6. The molecule has 5 rings (SSSR count). The minimum atomic E-state index is -3.66. The van der Waals surface area contributed by atoms with Crippen molar-refractivity contribution in [1.29, 1.82) is 0 Å². The predicted molar refractivity (Wildman–Crippen MR) is 180 cm³/mol. The minimum absolute atomic E-state index is 0.205. The summed E-state index contributed by atoms with van der Waals surface area (Å²) in [6, 6.07) is 34.3. The molecule has 1 atom stereocenters. The van der Waals surface area contributed by atoms with Crippen LogP contribution in [0, 0.1) is 12.8 Å². The lowest BCUT2D eigenvalue weighted by Crippen LogP contribution is -2.07. The molecule has 238 valence electrons. The molecular weight excluding hydrogens is 617 g/mol. The van der Waals surface area contributed by atoms with E-state index in [-0.39, 0.29) is 25.7 Å². The Morgan fingerprint density at radius 1 is 0.587 bits per heavy atom. The van der Waals surface area contributed by atoms with Gasteiger partial charge in [-0.25, -0.2) is 16.8 Å². The molecule has 0 aliphatic heterocycles. The summed E-state index contributed by atoms with van der Waals surface area (Å²) in [5.41, 5.74) is 2.86. The molecule has 0 aliphatic rings. The zero-order valence-corrected chi connectivity index (χ0v) is 28.0. The first-order valence-electron chi connectivity index (χ1n) is 15.3. The molecular formula is C38H38O6S2. The Labute approximate surface area is 272 Å². The van der Waals surface area contributed by atoms with Gasteiger partial charge in [-0.2, -0.15) is 0 Å². The van der Waals surface area contributed by atoms with Gasteiger partial charge in [0.05, 0.1) is 19.6 Å². The van der Waals surface area contributed by atoms with Crippen LogP contribution in [-0.2, 0) is 26.1 Å². The highest BCUT2D eigenvalue weighted by molar-refractivity contribution is 7.91. The lowest BCUT2D eigenvalue weighted by Gasteiger charge is -2.19. The third kappa shape index (κ3) is 7.69.